The van der Waals surface area contributed by atoms with E-state index in [-0.39, 0.29) is 23.8 Å². The highest BCUT2D eigenvalue weighted by atomic mass is 16.3. The van der Waals surface area contributed by atoms with Crippen LogP contribution in [0.25, 0.3) is 0 Å². The summed E-state index contributed by atoms with van der Waals surface area (Å²) in [5, 5.41) is 15.9. The minimum atomic E-state index is -0.674. The number of benzene rings is 1. The van der Waals surface area contributed by atoms with Crippen LogP contribution in [0.4, 0.5) is 0 Å². The highest BCUT2D eigenvalue weighted by Crippen LogP contribution is 2.23. The lowest BCUT2D eigenvalue weighted by Gasteiger charge is -2.25. The molecule has 5 heteroatoms. The molecule has 3 atom stereocenters. The highest BCUT2D eigenvalue weighted by Gasteiger charge is 2.25. The van der Waals surface area contributed by atoms with Crippen molar-refractivity contribution in [2.45, 2.75) is 70.6 Å². The van der Waals surface area contributed by atoms with Crippen LogP contribution in [0.3, 0.4) is 0 Å². The number of nitrogens with one attached hydrogen (secondary N) is 2. The third kappa shape index (κ3) is 6.16. The summed E-state index contributed by atoms with van der Waals surface area (Å²) in [6.07, 6.45) is 4.98. The van der Waals surface area contributed by atoms with Crippen LogP contribution in [-0.4, -0.2) is 35.1 Å². The molecule has 138 valence electrons. The van der Waals surface area contributed by atoms with Gasteiger partial charge in [0.15, 0.2) is 0 Å². The Morgan fingerprint density at radius 1 is 1.08 bits per heavy atom. The molecule has 1 saturated carbocycles. The molecule has 1 aliphatic carbocycles. The van der Waals surface area contributed by atoms with E-state index in [4.69, 9.17) is 0 Å². The predicted molar refractivity (Wildman–Crippen MR) is 97.9 cm³/mol. The van der Waals surface area contributed by atoms with Crippen LogP contribution in [-0.2, 0) is 16.0 Å². The molecule has 3 N–H and O–H groups in total. The Balaban J connectivity index is 1.77. The van der Waals surface area contributed by atoms with Crippen LogP contribution in [0.2, 0.25) is 0 Å². The third-order valence-electron chi connectivity index (χ3n) is 4.96. The quantitative estimate of drug-likeness (QED) is 0.708. The van der Waals surface area contributed by atoms with Gasteiger partial charge in [0, 0.05) is 12.3 Å². The van der Waals surface area contributed by atoms with Crippen LogP contribution in [0.15, 0.2) is 30.3 Å². The van der Waals surface area contributed by atoms with Gasteiger partial charge in [0.25, 0.3) is 0 Å². The molecule has 0 bridgehead atoms. The maximum atomic E-state index is 12.3. The maximum Gasteiger partial charge on any atom is 0.242 e. The van der Waals surface area contributed by atoms with Crippen molar-refractivity contribution < 1.29 is 14.7 Å². The number of aliphatic hydroxyl groups excluding tert-OH is 1. The summed E-state index contributed by atoms with van der Waals surface area (Å²) < 4.78 is 0. The van der Waals surface area contributed by atoms with Crippen molar-refractivity contribution >= 4 is 11.8 Å². The maximum absolute atomic E-state index is 12.3. The van der Waals surface area contributed by atoms with Gasteiger partial charge in [-0.3, -0.25) is 9.59 Å². The number of carbonyl (C=O) groups excluding carboxylic acids is 2. The Morgan fingerprint density at radius 2 is 1.72 bits per heavy atom. The molecule has 3 unspecified atom stereocenters. The van der Waals surface area contributed by atoms with Crippen molar-refractivity contribution in [1.82, 2.24) is 10.6 Å². The molecule has 0 saturated heterocycles. The Bertz CT molecular complexity index is 555. The molecule has 2 rings (SSSR count). The zero-order valence-electron chi connectivity index (χ0n) is 15.2. The van der Waals surface area contributed by atoms with E-state index in [1.165, 1.54) is 6.42 Å². The zero-order chi connectivity index (χ0) is 18.2. The van der Waals surface area contributed by atoms with Gasteiger partial charge in [-0.05, 0) is 32.3 Å². The number of hydrogen-bond acceptors (Lipinski definition) is 3. The van der Waals surface area contributed by atoms with Crippen molar-refractivity contribution in [2.24, 2.45) is 5.92 Å². The Hall–Kier alpha value is -1.88. The van der Waals surface area contributed by atoms with Crippen LogP contribution < -0.4 is 10.6 Å². The molecule has 0 spiro atoms. The van der Waals surface area contributed by atoms with E-state index in [1.807, 2.05) is 30.3 Å². The molecular formula is C20H30N2O3. The van der Waals surface area contributed by atoms with Crippen molar-refractivity contribution in [2.75, 3.05) is 0 Å². The SMILES string of the molecule is CC(NC(=O)C1CCCCC1)C(=O)NC(C)C(O)Cc1ccccc1. The van der Waals surface area contributed by atoms with Gasteiger partial charge < -0.3 is 15.7 Å². The van der Waals surface area contributed by atoms with E-state index < -0.39 is 12.1 Å². The standard InChI is InChI=1S/C20H30N2O3/c1-14(18(23)13-16-9-5-3-6-10-16)21-19(24)15(2)22-20(25)17-11-7-4-8-12-17/h3,5-6,9-10,14-15,17-18,23H,4,7-8,11-13H2,1-2H3,(H,21,24)(H,22,25). The van der Waals surface area contributed by atoms with Gasteiger partial charge in [-0.2, -0.15) is 0 Å². The minimum absolute atomic E-state index is 0.0279. The van der Waals surface area contributed by atoms with Gasteiger partial charge >= 0.3 is 0 Å². The normalized spacial score (nSPS) is 18.8. The molecule has 0 aliphatic heterocycles. The number of amides is 2. The molecule has 2 amide bonds. The van der Waals surface area contributed by atoms with Gasteiger partial charge in [-0.25, -0.2) is 0 Å². The first-order valence-electron chi connectivity index (χ1n) is 9.30. The van der Waals surface area contributed by atoms with Gasteiger partial charge in [-0.1, -0.05) is 49.6 Å². The van der Waals surface area contributed by atoms with Gasteiger partial charge in [0.2, 0.25) is 11.8 Å². The van der Waals surface area contributed by atoms with Crippen molar-refractivity contribution in [3.05, 3.63) is 35.9 Å². The van der Waals surface area contributed by atoms with Crippen molar-refractivity contribution in [3.8, 4) is 0 Å². The second-order valence-corrected chi connectivity index (χ2v) is 7.12. The summed E-state index contributed by atoms with van der Waals surface area (Å²) in [5.41, 5.74) is 1.02. The lowest BCUT2D eigenvalue weighted by atomic mass is 9.88. The van der Waals surface area contributed by atoms with E-state index in [9.17, 15) is 14.7 Å². The number of aliphatic hydroxyl groups is 1. The first kappa shape index (κ1) is 19.4. The topological polar surface area (TPSA) is 78.4 Å². The molecule has 0 radical (unpaired) electrons. The van der Waals surface area contributed by atoms with Crippen molar-refractivity contribution in [1.29, 1.82) is 0 Å². The largest absolute Gasteiger partial charge is 0.391 e. The Morgan fingerprint density at radius 3 is 2.36 bits per heavy atom. The van der Waals surface area contributed by atoms with E-state index in [0.717, 1.165) is 31.2 Å². The van der Waals surface area contributed by atoms with E-state index >= 15 is 0 Å². The predicted octanol–water partition coefficient (Wildman–Crippen LogP) is 2.18. The van der Waals surface area contributed by atoms with Gasteiger partial charge in [0.1, 0.15) is 6.04 Å². The summed E-state index contributed by atoms with van der Waals surface area (Å²) in [5.74, 6) is -0.256. The minimum Gasteiger partial charge on any atom is -0.391 e. The Kier molecular flexibility index (Phi) is 7.44. The fraction of sp³-hybridized carbons (Fsp3) is 0.600. The number of rotatable bonds is 7. The lowest BCUT2D eigenvalue weighted by Crippen LogP contribution is -2.51. The average molecular weight is 346 g/mol. The molecule has 5 nitrogen and oxygen atoms in total. The molecule has 0 aromatic heterocycles. The monoisotopic (exact) mass is 346 g/mol. The molecule has 1 fully saturated rings. The molecular weight excluding hydrogens is 316 g/mol. The fourth-order valence-electron chi connectivity index (χ4n) is 3.24. The summed E-state index contributed by atoms with van der Waals surface area (Å²) >= 11 is 0. The molecule has 1 aromatic carbocycles. The lowest BCUT2D eigenvalue weighted by molar-refractivity contribution is -0.132. The first-order chi connectivity index (χ1) is 12.0. The van der Waals surface area contributed by atoms with E-state index in [1.54, 1.807) is 13.8 Å². The summed E-state index contributed by atoms with van der Waals surface area (Å²) in [7, 11) is 0. The summed E-state index contributed by atoms with van der Waals surface area (Å²) in [6.45, 7) is 3.47. The van der Waals surface area contributed by atoms with Crippen LogP contribution in [0, 0.1) is 5.92 Å². The van der Waals surface area contributed by atoms with Crippen LogP contribution in [0.5, 0.6) is 0 Å². The second-order valence-electron chi connectivity index (χ2n) is 7.12. The van der Waals surface area contributed by atoms with E-state index in [2.05, 4.69) is 10.6 Å². The average Bonchev–Trinajstić information content (AvgIpc) is 2.63. The molecule has 25 heavy (non-hydrogen) atoms. The van der Waals surface area contributed by atoms with Gasteiger partial charge in [0.05, 0.1) is 12.1 Å². The highest BCUT2D eigenvalue weighted by molar-refractivity contribution is 5.88. The summed E-state index contributed by atoms with van der Waals surface area (Å²) in [6, 6.07) is 8.69. The smallest absolute Gasteiger partial charge is 0.242 e. The molecule has 0 heterocycles. The number of hydrogen-bond donors (Lipinski definition) is 3. The van der Waals surface area contributed by atoms with Crippen molar-refractivity contribution in [3.63, 3.8) is 0 Å². The van der Waals surface area contributed by atoms with Crippen LogP contribution >= 0.6 is 0 Å². The number of carbonyl (C=O) groups is 2. The zero-order valence-corrected chi connectivity index (χ0v) is 15.2. The molecule has 1 aliphatic rings. The fourth-order valence-corrected chi connectivity index (χ4v) is 3.24. The first-order valence-corrected chi connectivity index (χ1v) is 9.30. The summed E-state index contributed by atoms with van der Waals surface area (Å²) in [4.78, 5) is 24.5. The second kappa shape index (κ2) is 9.56. The van der Waals surface area contributed by atoms with Gasteiger partial charge in [-0.15, -0.1) is 0 Å². The third-order valence-corrected chi connectivity index (χ3v) is 4.96. The Labute approximate surface area is 150 Å². The van der Waals surface area contributed by atoms with Crippen LogP contribution in [0.1, 0.15) is 51.5 Å². The molecule has 1 aromatic rings. The van der Waals surface area contributed by atoms with E-state index in [0.29, 0.717) is 6.42 Å².